The monoisotopic (exact) mass is 224 g/mol. The van der Waals surface area contributed by atoms with Gasteiger partial charge in [0.05, 0.1) is 0 Å². The third kappa shape index (κ3) is 10.1. The lowest BCUT2D eigenvalue weighted by atomic mass is 10.1. The molecule has 88 valence electrons. The van der Waals surface area contributed by atoms with Crippen molar-refractivity contribution < 1.29 is 13.3 Å². The molecule has 0 aromatic carbocycles. The minimum Gasteiger partial charge on any atom is -0.379 e. The van der Waals surface area contributed by atoms with E-state index in [4.69, 9.17) is 24.7 Å². The van der Waals surface area contributed by atoms with E-state index in [0.717, 1.165) is 0 Å². The minimum atomic E-state index is -1.67. The Balaban J connectivity index is 0. The molecule has 0 amide bonds. The molecule has 0 aromatic heterocycles. The molecule has 0 saturated carbocycles. The van der Waals surface area contributed by atoms with Gasteiger partial charge in [0, 0.05) is 27.4 Å². The Morgan fingerprint density at radius 1 is 1.07 bits per heavy atom. The molecule has 0 aliphatic rings. The van der Waals surface area contributed by atoms with Crippen LogP contribution in [0.5, 0.6) is 0 Å². The maximum absolute atomic E-state index is 5.47. The summed E-state index contributed by atoms with van der Waals surface area (Å²) in [6, 6.07) is 0.241. The van der Waals surface area contributed by atoms with E-state index in [1.54, 1.807) is 21.3 Å². The highest BCUT2D eigenvalue weighted by atomic mass is 28.3. The standard InChI is InChI=1S/C5H14N2.C3H10O3Si/c1-4(3-6)5(2)7;1-4-7(5-2)6-3/h4-5H,3,6-7H2,1-2H3;7H,1-3H3. The summed E-state index contributed by atoms with van der Waals surface area (Å²) in [5, 5.41) is 0. The van der Waals surface area contributed by atoms with Crippen LogP contribution in [0.25, 0.3) is 0 Å². The second kappa shape index (κ2) is 11.1. The van der Waals surface area contributed by atoms with Gasteiger partial charge in [0.1, 0.15) is 0 Å². The lowest BCUT2D eigenvalue weighted by Crippen LogP contribution is -2.29. The maximum Gasteiger partial charge on any atom is 0.483 e. The Bertz CT molecular complexity index is 104. The van der Waals surface area contributed by atoms with Gasteiger partial charge in [0.25, 0.3) is 0 Å². The van der Waals surface area contributed by atoms with Crippen molar-refractivity contribution in [2.45, 2.75) is 19.9 Å². The van der Waals surface area contributed by atoms with Crippen LogP contribution >= 0.6 is 0 Å². The molecule has 0 radical (unpaired) electrons. The molecular weight excluding hydrogens is 200 g/mol. The molecule has 0 aromatic rings. The second-order valence-electron chi connectivity index (χ2n) is 3.07. The van der Waals surface area contributed by atoms with Gasteiger partial charge in [0.2, 0.25) is 0 Å². The Morgan fingerprint density at radius 3 is 1.43 bits per heavy atom. The zero-order valence-electron chi connectivity index (χ0n) is 9.82. The molecule has 0 saturated heterocycles. The predicted octanol–water partition coefficient (Wildman–Crippen LogP) is -0.429. The largest absolute Gasteiger partial charge is 0.483 e. The summed E-state index contributed by atoms with van der Waals surface area (Å²) in [6.07, 6.45) is 0. The average Bonchev–Trinajstić information content (AvgIpc) is 2.20. The van der Waals surface area contributed by atoms with Crippen molar-refractivity contribution in [3.05, 3.63) is 0 Å². The maximum atomic E-state index is 5.47. The molecule has 6 heteroatoms. The third-order valence-electron chi connectivity index (χ3n) is 1.85. The van der Waals surface area contributed by atoms with Crippen LogP contribution in [-0.2, 0) is 13.3 Å². The van der Waals surface area contributed by atoms with E-state index in [2.05, 4.69) is 0 Å². The van der Waals surface area contributed by atoms with Crippen LogP contribution in [0.1, 0.15) is 13.8 Å². The minimum absolute atomic E-state index is 0.241. The Kier molecular flexibility index (Phi) is 13.0. The van der Waals surface area contributed by atoms with Crippen molar-refractivity contribution in [2.75, 3.05) is 27.9 Å². The lowest BCUT2D eigenvalue weighted by molar-refractivity contribution is 0.163. The lowest BCUT2D eigenvalue weighted by Gasteiger charge is -2.10. The molecule has 0 bridgehead atoms. The first-order valence-electron chi connectivity index (χ1n) is 4.57. The van der Waals surface area contributed by atoms with E-state index in [0.29, 0.717) is 12.5 Å². The van der Waals surface area contributed by atoms with Crippen molar-refractivity contribution in [2.24, 2.45) is 17.4 Å². The van der Waals surface area contributed by atoms with Gasteiger partial charge in [-0.1, -0.05) is 6.92 Å². The van der Waals surface area contributed by atoms with Gasteiger partial charge in [-0.05, 0) is 19.4 Å². The van der Waals surface area contributed by atoms with Crippen LogP contribution in [0.3, 0.4) is 0 Å². The Hall–Kier alpha value is 0.0169. The summed E-state index contributed by atoms with van der Waals surface area (Å²) in [6.45, 7) is 4.71. The van der Waals surface area contributed by atoms with E-state index in [9.17, 15) is 0 Å². The highest BCUT2D eigenvalue weighted by Crippen LogP contribution is 1.93. The molecule has 4 N–H and O–H groups in total. The normalized spacial score (nSPS) is 14.6. The van der Waals surface area contributed by atoms with Gasteiger partial charge < -0.3 is 24.7 Å². The number of rotatable bonds is 5. The Morgan fingerprint density at radius 2 is 1.43 bits per heavy atom. The SMILES string of the molecule is CC(N)C(C)CN.CO[SiH](OC)OC. The fourth-order valence-electron chi connectivity index (χ4n) is 0.503. The first kappa shape index (κ1) is 16.4. The molecule has 14 heavy (non-hydrogen) atoms. The quantitative estimate of drug-likeness (QED) is 0.620. The van der Waals surface area contributed by atoms with E-state index >= 15 is 0 Å². The fourth-order valence-corrected chi connectivity index (χ4v) is 1.08. The third-order valence-corrected chi connectivity index (χ3v) is 3.00. The van der Waals surface area contributed by atoms with Gasteiger partial charge >= 0.3 is 9.53 Å². The molecule has 0 aliphatic carbocycles. The summed E-state index contributed by atoms with van der Waals surface area (Å²) in [4.78, 5) is 0. The second-order valence-corrected chi connectivity index (χ2v) is 5.06. The van der Waals surface area contributed by atoms with Crippen LogP contribution in [0.4, 0.5) is 0 Å². The van der Waals surface area contributed by atoms with E-state index < -0.39 is 9.53 Å². The van der Waals surface area contributed by atoms with E-state index in [-0.39, 0.29) is 6.04 Å². The smallest absolute Gasteiger partial charge is 0.379 e. The first-order chi connectivity index (χ1) is 6.53. The molecular formula is C8H24N2O3Si. The molecule has 5 nitrogen and oxygen atoms in total. The summed E-state index contributed by atoms with van der Waals surface area (Å²) < 4.78 is 14.2. The van der Waals surface area contributed by atoms with E-state index in [1.807, 2.05) is 13.8 Å². The number of hydrogen-bond acceptors (Lipinski definition) is 5. The first-order valence-corrected chi connectivity index (χ1v) is 5.98. The molecule has 0 spiro atoms. The summed E-state index contributed by atoms with van der Waals surface area (Å²) in [5.41, 5.74) is 10.8. The average molecular weight is 224 g/mol. The molecule has 0 rings (SSSR count). The summed E-state index contributed by atoms with van der Waals surface area (Å²) >= 11 is 0. The topological polar surface area (TPSA) is 79.7 Å². The van der Waals surface area contributed by atoms with Gasteiger partial charge in [0.15, 0.2) is 0 Å². The molecule has 2 atom stereocenters. The van der Waals surface area contributed by atoms with Crippen molar-refractivity contribution in [3.8, 4) is 0 Å². The molecule has 0 heterocycles. The highest BCUT2D eigenvalue weighted by Gasteiger charge is 2.05. The van der Waals surface area contributed by atoms with Crippen molar-refractivity contribution in [1.82, 2.24) is 0 Å². The highest BCUT2D eigenvalue weighted by molar-refractivity contribution is 6.36. The predicted molar refractivity (Wildman–Crippen MR) is 60.0 cm³/mol. The summed E-state index contributed by atoms with van der Waals surface area (Å²) in [7, 11) is 3.05. The van der Waals surface area contributed by atoms with E-state index in [1.165, 1.54) is 0 Å². The van der Waals surface area contributed by atoms with Gasteiger partial charge in [-0.3, -0.25) is 0 Å². The van der Waals surface area contributed by atoms with Gasteiger partial charge in [-0.2, -0.15) is 0 Å². The fraction of sp³-hybridized carbons (Fsp3) is 1.00. The number of hydrogen-bond donors (Lipinski definition) is 2. The molecule has 0 fully saturated rings. The van der Waals surface area contributed by atoms with Gasteiger partial charge in [-0.15, -0.1) is 0 Å². The zero-order valence-corrected chi connectivity index (χ0v) is 11.0. The van der Waals surface area contributed by atoms with Crippen molar-refractivity contribution in [1.29, 1.82) is 0 Å². The Labute approximate surface area is 88.7 Å². The zero-order chi connectivity index (χ0) is 11.6. The molecule has 2 unspecified atom stereocenters. The van der Waals surface area contributed by atoms with Crippen LogP contribution in [0.15, 0.2) is 0 Å². The van der Waals surface area contributed by atoms with Crippen LogP contribution in [0.2, 0.25) is 0 Å². The summed E-state index contributed by atoms with van der Waals surface area (Å²) in [5.74, 6) is 0.458. The van der Waals surface area contributed by atoms with Crippen LogP contribution in [-0.4, -0.2) is 43.4 Å². The van der Waals surface area contributed by atoms with Crippen molar-refractivity contribution >= 4 is 9.53 Å². The van der Waals surface area contributed by atoms with Crippen molar-refractivity contribution in [3.63, 3.8) is 0 Å². The van der Waals surface area contributed by atoms with Gasteiger partial charge in [-0.25, -0.2) is 0 Å². The molecule has 0 aliphatic heterocycles. The van der Waals surface area contributed by atoms with Crippen LogP contribution in [0, 0.1) is 5.92 Å². The number of nitrogens with two attached hydrogens (primary N) is 2. The van der Waals surface area contributed by atoms with Crippen LogP contribution < -0.4 is 11.5 Å².